The van der Waals surface area contributed by atoms with E-state index in [1.807, 2.05) is 25.1 Å². The Morgan fingerprint density at radius 1 is 1.57 bits per heavy atom. The van der Waals surface area contributed by atoms with Crippen molar-refractivity contribution >= 4 is 18.0 Å². The number of hydrogen-bond acceptors (Lipinski definition) is 3. The highest BCUT2D eigenvalue weighted by atomic mass is 32.2. The smallest absolute Gasteiger partial charge is 0.123 e. The molecular weight excluding hydrogens is 194 g/mol. The van der Waals surface area contributed by atoms with Gasteiger partial charge in [-0.15, -0.1) is 11.8 Å². The van der Waals surface area contributed by atoms with Crippen molar-refractivity contribution in [3.05, 3.63) is 29.8 Å². The van der Waals surface area contributed by atoms with Crippen molar-refractivity contribution in [3.8, 4) is 6.07 Å². The van der Waals surface area contributed by atoms with Crippen molar-refractivity contribution in [2.75, 3.05) is 5.75 Å². The number of benzene rings is 1. The topological polar surface area (TPSA) is 40.9 Å². The molecule has 1 aromatic rings. The second-order valence-corrected chi connectivity index (χ2v) is 4.09. The third-order valence-electron chi connectivity index (χ3n) is 1.74. The molecule has 0 saturated carbocycles. The third-order valence-corrected chi connectivity index (χ3v) is 3.10. The fourth-order valence-electron chi connectivity index (χ4n) is 0.945. The van der Waals surface area contributed by atoms with E-state index >= 15 is 0 Å². The van der Waals surface area contributed by atoms with Crippen LogP contribution in [0.15, 0.2) is 29.2 Å². The third kappa shape index (κ3) is 2.90. The van der Waals surface area contributed by atoms with Crippen LogP contribution in [0.25, 0.3) is 0 Å². The lowest BCUT2D eigenvalue weighted by atomic mass is 10.2. The summed E-state index contributed by atoms with van der Waals surface area (Å²) in [7, 11) is 0. The lowest BCUT2D eigenvalue weighted by Gasteiger charge is -2.04. The number of carbonyl (C=O) groups excluding carboxylic acids is 1. The maximum absolute atomic E-state index is 10.4. The molecule has 0 amide bonds. The molecule has 0 aliphatic rings. The molecule has 0 bridgehead atoms. The van der Waals surface area contributed by atoms with E-state index in [9.17, 15) is 4.79 Å². The molecule has 0 fully saturated rings. The van der Waals surface area contributed by atoms with Crippen LogP contribution >= 0.6 is 11.8 Å². The van der Waals surface area contributed by atoms with Gasteiger partial charge in [0.2, 0.25) is 0 Å². The van der Waals surface area contributed by atoms with Gasteiger partial charge in [-0.2, -0.15) is 5.26 Å². The molecule has 2 nitrogen and oxygen atoms in total. The van der Waals surface area contributed by atoms with Crippen molar-refractivity contribution in [3.63, 3.8) is 0 Å². The fourth-order valence-corrected chi connectivity index (χ4v) is 1.91. The Hall–Kier alpha value is -1.27. The second-order valence-electron chi connectivity index (χ2n) is 3.03. The molecule has 3 heteroatoms. The summed E-state index contributed by atoms with van der Waals surface area (Å²) in [5.74, 6) is 0.758. The summed E-state index contributed by atoms with van der Waals surface area (Å²) in [5, 5.41) is 8.81. The predicted molar refractivity (Wildman–Crippen MR) is 57.1 cm³/mol. The largest absolute Gasteiger partial charge is 0.303 e. The van der Waals surface area contributed by atoms with Gasteiger partial charge in [-0.25, -0.2) is 0 Å². The zero-order valence-corrected chi connectivity index (χ0v) is 8.75. The Morgan fingerprint density at radius 2 is 2.29 bits per heavy atom. The van der Waals surface area contributed by atoms with Gasteiger partial charge in [-0.1, -0.05) is 19.1 Å². The highest BCUT2D eigenvalue weighted by molar-refractivity contribution is 7.99. The van der Waals surface area contributed by atoms with E-state index in [0.29, 0.717) is 5.56 Å². The average Bonchev–Trinajstić information content (AvgIpc) is 2.26. The molecule has 0 aromatic heterocycles. The summed E-state index contributed by atoms with van der Waals surface area (Å²) in [6, 6.07) is 9.55. The molecule has 1 aromatic carbocycles. The van der Waals surface area contributed by atoms with E-state index in [0.717, 1.165) is 16.9 Å². The minimum Gasteiger partial charge on any atom is -0.303 e. The van der Waals surface area contributed by atoms with Gasteiger partial charge in [0.15, 0.2) is 0 Å². The minimum absolute atomic E-state index is 0.0340. The monoisotopic (exact) mass is 205 g/mol. The van der Waals surface area contributed by atoms with Gasteiger partial charge in [-0.05, 0) is 12.1 Å². The number of rotatable bonds is 4. The van der Waals surface area contributed by atoms with Crippen LogP contribution in [0.3, 0.4) is 0 Å². The van der Waals surface area contributed by atoms with Crippen molar-refractivity contribution in [1.82, 2.24) is 0 Å². The minimum atomic E-state index is 0.0340. The fraction of sp³-hybridized carbons (Fsp3) is 0.273. The Balaban J connectivity index is 2.67. The summed E-state index contributed by atoms with van der Waals surface area (Å²) in [6.07, 6.45) is 0.933. The quantitative estimate of drug-likeness (QED) is 0.560. The summed E-state index contributed by atoms with van der Waals surface area (Å²) < 4.78 is 0. The Labute approximate surface area is 87.9 Å². The van der Waals surface area contributed by atoms with Crippen LogP contribution in [-0.4, -0.2) is 12.0 Å². The normalized spacial score (nSPS) is 11.7. The van der Waals surface area contributed by atoms with Crippen molar-refractivity contribution < 1.29 is 4.79 Å². The van der Waals surface area contributed by atoms with E-state index in [1.165, 1.54) is 0 Å². The summed E-state index contributed by atoms with van der Waals surface area (Å²) in [4.78, 5) is 11.4. The maximum Gasteiger partial charge on any atom is 0.123 e. The molecular formula is C11H11NOS. The standard InChI is InChI=1S/C11H11NOS/c1-9(7-13)8-14-11-5-3-2-4-10(11)6-12/h2-5,7,9H,8H2,1H3. The molecule has 14 heavy (non-hydrogen) atoms. The molecule has 0 aliphatic heterocycles. The van der Waals surface area contributed by atoms with E-state index in [-0.39, 0.29) is 5.92 Å². The van der Waals surface area contributed by atoms with Gasteiger partial charge >= 0.3 is 0 Å². The number of aldehydes is 1. The van der Waals surface area contributed by atoms with Crippen LogP contribution < -0.4 is 0 Å². The molecule has 1 atom stereocenters. The van der Waals surface area contributed by atoms with Crippen LogP contribution in [0.1, 0.15) is 12.5 Å². The molecule has 0 saturated heterocycles. The second kappa shape index (κ2) is 5.46. The molecule has 72 valence electrons. The Kier molecular flexibility index (Phi) is 4.21. The highest BCUT2D eigenvalue weighted by Gasteiger charge is 2.04. The lowest BCUT2D eigenvalue weighted by molar-refractivity contribution is -0.110. The first-order chi connectivity index (χ1) is 6.77. The average molecular weight is 205 g/mol. The SMILES string of the molecule is CC(C=O)CSc1ccccc1C#N. The Morgan fingerprint density at radius 3 is 2.93 bits per heavy atom. The predicted octanol–water partition coefficient (Wildman–Crippen LogP) is 2.49. The molecule has 1 unspecified atom stereocenters. The molecule has 0 heterocycles. The van der Waals surface area contributed by atoms with Gasteiger partial charge in [0, 0.05) is 16.6 Å². The highest BCUT2D eigenvalue weighted by Crippen LogP contribution is 2.23. The first-order valence-electron chi connectivity index (χ1n) is 4.35. The van der Waals surface area contributed by atoms with Gasteiger partial charge in [0.1, 0.15) is 12.4 Å². The summed E-state index contributed by atoms with van der Waals surface area (Å²) >= 11 is 1.55. The number of hydrogen-bond donors (Lipinski definition) is 0. The summed E-state index contributed by atoms with van der Waals surface area (Å²) in [5.41, 5.74) is 0.676. The molecule has 0 spiro atoms. The zero-order chi connectivity index (χ0) is 10.4. The zero-order valence-electron chi connectivity index (χ0n) is 7.93. The number of nitriles is 1. The maximum atomic E-state index is 10.4. The number of thioether (sulfide) groups is 1. The molecule has 0 aliphatic carbocycles. The van der Waals surface area contributed by atoms with Crippen LogP contribution in [0.4, 0.5) is 0 Å². The van der Waals surface area contributed by atoms with Gasteiger partial charge in [0.05, 0.1) is 5.56 Å². The van der Waals surface area contributed by atoms with E-state index < -0.39 is 0 Å². The van der Waals surface area contributed by atoms with Crippen LogP contribution in [-0.2, 0) is 4.79 Å². The van der Waals surface area contributed by atoms with Crippen molar-refractivity contribution in [2.24, 2.45) is 5.92 Å². The first kappa shape index (κ1) is 10.8. The van der Waals surface area contributed by atoms with Crippen molar-refractivity contribution in [2.45, 2.75) is 11.8 Å². The molecule has 0 radical (unpaired) electrons. The van der Waals surface area contributed by atoms with Gasteiger partial charge in [-0.3, -0.25) is 0 Å². The van der Waals surface area contributed by atoms with E-state index in [1.54, 1.807) is 17.8 Å². The van der Waals surface area contributed by atoms with Crippen LogP contribution in [0, 0.1) is 17.2 Å². The van der Waals surface area contributed by atoms with Crippen LogP contribution in [0.2, 0.25) is 0 Å². The Bertz CT molecular complexity index is 357. The first-order valence-corrected chi connectivity index (χ1v) is 5.33. The van der Waals surface area contributed by atoms with E-state index in [2.05, 4.69) is 6.07 Å². The number of carbonyl (C=O) groups is 1. The lowest BCUT2D eigenvalue weighted by Crippen LogP contribution is -1.98. The summed E-state index contributed by atoms with van der Waals surface area (Å²) in [6.45, 7) is 1.87. The van der Waals surface area contributed by atoms with Crippen LogP contribution in [0.5, 0.6) is 0 Å². The van der Waals surface area contributed by atoms with E-state index in [4.69, 9.17) is 5.26 Å². The number of nitrogens with zero attached hydrogens (tertiary/aromatic N) is 1. The van der Waals surface area contributed by atoms with Gasteiger partial charge < -0.3 is 4.79 Å². The molecule has 0 N–H and O–H groups in total. The van der Waals surface area contributed by atoms with Gasteiger partial charge in [0.25, 0.3) is 0 Å². The molecule has 1 rings (SSSR count). The van der Waals surface area contributed by atoms with Crippen molar-refractivity contribution in [1.29, 1.82) is 5.26 Å².